The molecule has 128 valence electrons. The number of anilines is 1. The van der Waals surface area contributed by atoms with Crippen LogP contribution in [0.2, 0.25) is 0 Å². The number of hydrogen-bond acceptors (Lipinski definition) is 6. The third kappa shape index (κ3) is 3.34. The van der Waals surface area contributed by atoms with Crippen molar-refractivity contribution in [2.24, 2.45) is 5.92 Å². The molecule has 3 rings (SSSR count). The normalized spacial score (nSPS) is 25.1. The van der Waals surface area contributed by atoms with Gasteiger partial charge in [-0.1, -0.05) is 13.8 Å². The number of piperidine rings is 2. The minimum Gasteiger partial charge on any atom is -0.338 e. The van der Waals surface area contributed by atoms with Crippen molar-refractivity contribution in [1.82, 2.24) is 20.4 Å². The van der Waals surface area contributed by atoms with E-state index >= 15 is 0 Å². The molecule has 0 saturated carbocycles. The van der Waals surface area contributed by atoms with E-state index in [-0.39, 0.29) is 5.92 Å². The van der Waals surface area contributed by atoms with Crippen molar-refractivity contribution < 1.29 is 9.32 Å². The van der Waals surface area contributed by atoms with Gasteiger partial charge in [0, 0.05) is 44.6 Å². The molecule has 2 aliphatic heterocycles. The van der Waals surface area contributed by atoms with E-state index in [9.17, 15) is 4.79 Å². The van der Waals surface area contributed by atoms with Crippen LogP contribution in [0.1, 0.15) is 44.9 Å². The number of hydrogen-bond donors (Lipinski definition) is 1. The molecule has 0 aromatic carbocycles. The Morgan fingerprint density at radius 2 is 2.22 bits per heavy atom. The highest BCUT2D eigenvalue weighted by Gasteiger charge is 2.39. The first-order chi connectivity index (χ1) is 11.1. The molecular formula is C16H27N5O2. The van der Waals surface area contributed by atoms with Crippen LogP contribution in [0.5, 0.6) is 0 Å². The summed E-state index contributed by atoms with van der Waals surface area (Å²) >= 11 is 0. The maximum absolute atomic E-state index is 12.2. The number of carbonyl (C=O) groups excluding carboxylic acids is 1. The Morgan fingerprint density at radius 1 is 1.39 bits per heavy atom. The predicted octanol–water partition coefficient (Wildman–Crippen LogP) is 1.23. The third-order valence-corrected chi connectivity index (χ3v) is 4.95. The van der Waals surface area contributed by atoms with Crippen LogP contribution in [0.4, 0.5) is 5.95 Å². The van der Waals surface area contributed by atoms with Gasteiger partial charge in [-0.25, -0.2) is 0 Å². The van der Waals surface area contributed by atoms with E-state index in [4.69, 9.17) is 4.52 Å². The van der Waals surface area contributed by atoms with Gasteiger partial charge in [0.05, 0.1) is 0 Å². The number of carbonyl (C=O) groups is 1. The fourth-order valence-corrected chi connectivity index (χ4v) is 3.65. The summed E-state index contributed by atoms with van der Waals surface area (Å²) in [4.78, 5) is 21.0. The number of likely N-dealkylation sites (N-methyl/N-ethyl adjacent to an activating group) is 1. The lowest BCUT2D eigenvalue weighted by atomic mass is 9.83. The van der Waals surface area contributed by atoms with Gasteiger partial charge in [0.1, 0.15) is 0 Å². The van der Waals surface area contributed by atoms with E-state index in [2.05, 4.69) is 39.1 Å². The Bertz CT molecular complexity index is 544. The summed E-state index contributed by atoms with van der Waals surface area (Å²) in [6.45, 7) is 7.54. The molecule has 1 aromatic heterocycles. The first-order valence-electron chi connectivity index (χ1n) is 8.62. The molecule has 2 fully saturated rings. The third-order valence-electron chi connectivity index (χ3n) is 4.95. The highest BCUT2D eigenvalue weighted by Crippen LogP contribution is 2.32. The van der Waals surface area contributed by atoms with Crippen LogP contribution in [-0.2, 0) is 4.79 Å². The monoisotopic (exact) mass is 321 g/mol. The van der Waals surface area contributed by atoms with Crippen LogP contribution in [0.3, 0.4) is 0 Å². The van der Waals surface area contributed by atoms with Crippen molar-refractivity contribution in [2.45, 2.75) is 45.1 Å². The number of fused-ring (bicyclic) bond motifs is 1. The number of amides is 1. The Morgan fingerprint density at radius 3 is 2.91 bits per heavy atom. The van der Waals surface area contributed by atoms with Crippen LogP contribution in [0.25, 0.3) is 0 Å². The SMILES string of the molecule is CNCCN1C(=O)CC[C@H]2CN(c3noc(C(C)C)n3)CC[C@H]21. The average molecular weight is 321 g/mol. The number of aromatic nitrogens is 2. The molecule has 1 N–H and O–H groups in total. The highest BCUT2D eigenvalue weighted by atomic mass is 16.5. The number of likely N-dealkylation sites (tertiary alicyclic amines) is 1. The van der Waals surface area contributed by atoms with Crippen molar-refractivity contribution in [3.63, 3.8) is 0 Å². The van der Waals surface area contributed by atoms with Gasteiger partial charge >= 0.3 is 0 Å². The second-order valence-electron chi connectivity index (χ2n) is 6.88. The summed E-state index contributed by atoms with van der Waals surface area (Å²) in [7, 11) is 1.93. The Kier molecular flexibility index (Phi) is 4.84. The van der Waals surface area contributed by atoms with E-state index in [0.29, 0.717) is 36.1 Å². The van der Waals surface area contributed by atoms with Crippen molar-refractivity contribution >= 4 is 11.9 Å². The van der Waals surface area contributed by atoms with Gasteiger partial charge < -0.3 is 19.6 Å². The lowest BCUT2D eigenvalue weighted by Crippen LogP contribution is -2.57. The maximum atomic E-state index is 12.2. The summed E-state index contributed by atoms with van der Waals surface area (Å²) in [5, 5.41) is 7.27. The zero-order chi connectivity index (χ0) is 16.4. The largest absolute Gasteiger partial charge is 0.338 e. The van der Waals surface area contributed by atoms with Crippen LogP contribution < -0.4 is 10.2 Å². The van der Waals surface area contributed by atoms with Crippen molar-refractivity contribution in [1.29, 1.82) is 0 Å². The standard InChI is InChI=1S/C16H27N5O2/c1-11(2)15-18-16(19-23-15)20-8-6-13-12(10-20)4-5-14(22)21(13)9-7-17-3/h11-13,17H,4-10H2,1-3H3/t12-,13+/m0/s1. The molecular weight excluding hydrogens is 294 g/mol. The van der Waals surface area contributed by atoms with Crippen molar-refractivity contribution in [3.05, 3.63) is 5.89 Å². The number of nitrogens with one attached hydrogen (secondary N) is 1. The van der Waals surface area contributed by atoms with Crippen LogP contribution >= 0.6 is 0 Å². The lowest BCUT2D eigenvalue weighted by molar-refractivity contribution is -0.139. The molecule has 7 nitrogen and oxygen atoms in total. The van der Waals surface area contributed by atoms with E-state index in [1.807, 2.05) is 7.05 Å². The second-order valence-corrected chi connectivity index (χ2v) is 6.88. The molecule has 23 heavy (non-hydrogen) atoms. The highest BCUT2D eigenvalue weighted by molar-refractivity contribution is 5.77. The maximum Gasteiger partial charge on any atom is 0.266 e. The first kappa shape index (κ1) is 16.2. The average Bonchev–Trinajstić information content (AvgIpc) is 3.04. The number of rotatable bonds is 5. The lowest BCUT2D eigenvalue weighted by Gasteiger charge is -2.46. The molecule has 0 spiro atoms. The summed E-state index contributed by atoms with van der Waals surface area (Å²) in [6, 6.07) is 0.359. The van der Waals surface area contributed by atoms with E-state index in [1.54, 1.807) is 0 Å². The molecule has 1 amide bonds. The van der Waals surface area contributed by atoms with E-state index in [0.717, 1.165) is 39.0 Å². The van der Waals surface area contributed by atoms with Gasteiger partial charge in [-0.3, -0.25) is 4.79 Å². The van der Waals surface area contributed by atoms with Gasteiger partial charge in [-0.2, -0.15) is 4.98 Å². The van der Waals surface area contributed by atoms with Crippen molar-refractivity contribution in [2.75, 3.05) is 38.1 Å². The molecule has 2 aliphatic rings. The zero-order valence-electron chi connectivity index (χ0n) is 14.3. The molecule has 2 saturated heterocycles. The minimum atomic E-state index is 0.248. The zero-order valence-corrected chi connectivity index (χ0v) is 14.3. The predicted molar refractivity (Wildman–Crippen MR) is 87.4 cm³/mol. The molecule has 7 heteroatoms. The molecule has 0 aliphatic carbocycles. The molecule has 2 atom stereocenters. The first-order valence-corrected chi connectivity index (χ1v) is 8.62. The molecule has 3 heterocycles. The van der Waals surface area contributed by atoms with Gasteiger partial charge in [0.15, 0.2) is 0 Å². The van der Waals surface area contributed by atoms with Crippen LogP contribution in [-0.4, -0.2) is 60.2 Å². The topological polar surface area (TPSA) is 74.5 Å². The van der Waals surface area contributed by atoms with E-state index < -0.39 is 0 Å². The summed E-state index contributed by atoms with van der Waals surface area (Å²) in [6.07, 6.45) is 2.60. The van der Waals surface area contributed by atoms with Gasteiger partial charge in [0.25, 0.3) is 5.95 Å². The fraction of sp³-hybridized carbons (Fsp3) is 0.812. The van der Waals surface area contributed by atoms with Gasteiger partial charge in [-0.05, 0) is 31.0 Å². The Labute approximate surface area is 137 Å². The molecule has 1 aromatic rings. The Hall–Kier alpha value is -1.63. The van der Waals surface area contributed by atoms with Gasteiger partial charge in [0.2, 0.25) is 11.8 Å². The molecule has 0 radical (unpaired) electrons. The molecule has 0 bridgehead atoms. The summed E-state index contributed by atoms with van der Waals surface area (Å²) < 4.78 is 5.33. The summed E-state index contributed by atoms with van der Waals surface area (Å²) in [5.41, 5.74) is 0. The summed E-state index contributed by atoms with van der Waals surface area (Å²) in [5.74, 6) is 2.44. The minimum absolute atomic E-state index is 0.248. The van der Waals surface area contributed by atoms with Crippen LogP contribution in [0, 0.1) is 5.92 Å². The quantitative estimate of drug-likeness (QED) is 0.879. The number of nitrogens with zero attached hydrogens (tertiary/aromatic N) is 4. The Balaban J connectivity index is 1.67. The van der Waals surface area contributed by atoms with Crippen LogP contribution in [0.15, 0.2) is 4.52 Å². The fourth-order valence-electron chi connectivity index (χ4n) is 3.65. The van der Waals surface area contributed by atoms with Crippen molar-refractivity contribution in [3.8, 4) is 0 Å². The van der Waals surface area contributed by atoms with Gasteiger partial charge in [-0.15, -0.1) is 0 Å². The second kappa shape index (κ2) is 6.86. The molecule has 0 unspecified atom stereocenters. The smallest absolute Gasteiger partial charge is 0.266 e. The van der Waals surface area contributed by atoms with E-state index in [1.165, 1.54) is 0 Å².